The van der Waals surface area contributed by atoms with Gasteiger partial charge in [-0.1, -0.05) is 78.3 Å². The summed E-state index contributed by atoms with van der Waals surface area (Å²) in [4.78, 5) is 0. The molecule has 0 saturated carbocycles. The van der Waals surface area contributed by atoms with E-state index in [2.05, 4.69) is 42.5 Å². The van der Waals surface area contributed by atoms with Crippen molar-refractivity contribution in [3.8, 4) is 22.3 Å². The Morgan fingerprint density at radius 3 is 2.23 bits per heavy atom. The van der Waals surface area contributed by atoms with Gasteiger partial charge in [0.1, 0.15) is 11.2 Å². The van der Waals surface area contributed by atoms with Crippen LogP contribution in [-0.4, -0.2) is 0 Å². The monoisotopic (exact) mass is 354 g/mol. The summed E-state index contributed by atoms with van der Waals surface area (Å²) in [6.45, 7) is 0. The fourth-order valence-corrected chi connectivity index (χ4v) is 3.84. The second-order valence-corrected chi connectivity index (χ2v) is 6.74. The van der Waals surface area contributed by atoms with Gasteiger partial charge >= 0.3 is 0 Å². The lowest BCUT2D eigenvalue weighted by molar-refractivity contribution is 0.669. The fraction of sp³-hybridized carbons (Fsp3) is 0. The molecule has 0 aliphatic carbocycles. The molecule has 0 saturated heterocycles. The maximum absolute atomic E-state index is 6.61. The molecular formula is C24H15ClO. The van der Waals surface area contributed by atoms with Crippen LogP contribution in [0.2, 0.25) is 5.02 Å². The molecule has 5 rings (SSSR count). The Labute approximate surface area is 156 Å². The SMILES string of the molecule is Clc1cccc(-c2ccccc2)c1-c1ccc2c(c1)oc1ccccc12. The number of benzene rings is 4. The van der Waals surface area contributed by atoms with E-state index in [-0.39, 0.29) is 0 Å². The molecule has 0 radical (unpaired) electrons. The van der Waals surface area contributed by atoms with Crippen LogP contribution < -0.4 is 0 Å². The zero-order valence-electron chi connectivity index (χ0n) is 13.9. The lowest BCUT2D eigenvalue weighted by atomic mass is 9.94. The molecule has 0 unspecified atom stereocenters. The first-order valence-electron chi connectivity index (χ1n) is 8.57. The van der Waals surface area contributed by atoms with E-state index in [1.165, 1.54) is 0 Å². The van der Waals surface area contributed by atoms with Crippen molar-refractivity contribution in [2.45, 2.75) is 0 Å². The molecule has 1 heterocycles. The van der Waals surface area contributed by atoms with Crippen LogP contribution in [0.25, 0.3) is 44.2 Å². The summed E-state index contributed by atoms with van der Waals surface area (Å²) in [6, 6.07) is 30.8. The predicted molar refractivity (Wildman–Crippen MR) is 110 cm³/mol. The van der Waals surface area contributed by atoms with Gasteiger partial charge < -0.3 is 4.42 Å². The van der Waals surface area contributed by atoms with E-state index in [0.717, 1.165) is 49.2 Å². The molecule has 0 aliphatic rings. The van der Waals surface area contributed by atoms with Crippen molar-refractivity contribution >= 4 is 33.5 Å². The minimum atomic E-state index is 0.738. The van der Waals surface area contributed by atoms with Crippen molar-refractivity contribution in [1.82, 2.24) is 0 Å². The Morgan fingerprint density at radius 2 is 1.35 bits per heavy atom. The average Bonchev–Trinajstić information content (AvgIpc) is 3.06. The van der Waals surface area contributed by atoms with Crippen molar-refractivity contribution in [2.75, 3.05) is 0 Å². The second kappa shape index (κ2) is 6.05. The summed E-state index contributed by atoms with van der Waals surface area (Å²) in [7, 11) is 0. The zero-order valence-corrected chi connectivity index (χ0v) is 14.7. The molecule has 0 bridgehead atoms. The summed E-state index contributed by atoms with van der Waals surface area (Å²) in [5, 5.41) is 3.00. The average molecular weight is 355 g/mol. The van der Waals surface area contributed by atoms with E-state index in [1.54, 1.807) is 0 Å². The molecule has 26 heavy (non-hydrogen) atoms. The number of hydrogen-bond donors (Lipinski definition) is 0. The number of furan rings is 1. The molecule has 1 aromatic heterocycles. The van der Waals surface area contributed by atoms with Gasteiger partial charge in [0.15, 0.2) is 0 Å². The number of hydrogen-bond acceptors (Lipinski definition) is 1. The van der Waals surface area contributed by atoms with Gasteiger partial charge in [-0.3, -0.25) is 0 Å². The maximum atomic E-state index is 6.61. The normalized spacial score (nSPS) is 11.3. The summed E-state index contributed by atoms with van der Waals surface area (Å²) < 4.78 is 6.06. The molecule has 124 valence electrons. The second-order valence-electron chi connectivity index (χ2n) is 6.34. The van der Waals surface area contributed by atoms with Crippen molar-refractivity contribution in [3.63, 3.8) is 0 Å². The molecule has 0 spiro atoms. The Kier molecular flexibility index (Phi) is 3.55. The maximum Gasteiger partial charge on any atom is 0.136 e. The molecule has 0 aliphatic heterocycles. The molecule has 0 fully saturated rings. The van der Waals surface area contributed by atoms with E-state index >= 15 is 0 Å². The van der Waals surface area contributed by atoms with E-state index in [4.69, 9.17) is 16.0 Å². The molecule has 5 aromatic rings. The molecule has 1 nitrogen and oxygen atoms in total. The summed E-state index contributed by atoms with van der Waals surface area (Å²) in [5.41, 5.74) is 6.14. The smallest absolute Gasteiger partial charge is 0.136 e. The first-order valence-corrected chi connectivity index (χ1v) is 8.95. The Hall–Kier alpha value is -3.03. The highest BCUT2D eigenvalue weighted by molar-refractivity contribution is 6.34. The predicted octanol–water partition coefficient (Wildman–Crippen LogP) is 7.57. The number of fused-ring (bicyclic) bond motifs is 3. The van der Waals surface area contributed by atoms with Gasteiger partial charge in [-0.15, -0.1) is 0 Å². The number of rotatable bonds is 2. The zero-order chi connectivity index (χ0) is 17.5. The largest absolute Gasteiger partial charge is 0.456 e. The molecule has 0 N–H and O–H groups in total. The first-order chi connectivity index (χ1) is 12.8. The van der Waals surface area contributed by atoms with Gasteiger partial charge in [0.05, 0.1) is 0 Å². The van der Waals surface area contributed by atoms with Gasteiger partial charge in [-0.2, -0.15) is 0 Å². The lowest BCUT2D eigenvalue weighted by Gasteiger charge is -2.12. The highest BCUT2D eigenvalue weighted by Crippen LogP contribution is 2.39. The molecule has 0 amide bonds. The van der Waals surface area contributed by atoms with Crippen molar-refractivity contribution in [3.05, 3.63) is 96.0 Å². The quantitative estimate of drug-likeness (QED) is 0.318. The van der Waals surface area contributed by atoms with E-state index < -0.39 is 0 Å². The van der Waals surface area contributed by atoms with Crippen LogP contribution in [0.15, 0.2) is 95.4 Å². The van der Waals surface area contributed by atoms with Gasteiger partial charge in [0.25, 0.3) is 0 Å². The van der Waals surface area contributed by atoms with E-state index in [1.807, 2.05) is 48.5 Å². The van der Waals surface area contributed by atoms with Crippen LogP contribution in [0, 0.1) is 0 Å². The first kappa shape index (κ1) is 15.2. The third kappa shape index (κ3) is 2.40. The molecular weight excluding hydrogens is 340 g/mol. The minimum absolute atomic E-state index is 0.738. The minimum Gasteiger partial charge on any atom is -0.456 e. The molecule has 4 aromatic carbocycles. The fourth-order valence-electron chi connectivity index (χ4n) is 3.56. The van der Waals surface area contributed by atoms with Gasteiger partial charge in [0.2, 0.25) is 0 Å². The number of para-hydroxylation sites is 1. The van der Waals surface area contributed by atoms with E-state index in [9.17, 15) is 0 Å². The Balaban J connectivity index is 1.77. The van der Waals surface area contributed by atoms with Gasteiger partial charge in [0, 0.05) is 21.4 Å². The standard InChI is InChI=1S/C24H15ClO/c25-21-11-6-10-18(16-7-2-1-3-8-16)24(21)17-13-14-20-19-9-4-5-12-22(19)26-23(20)15-17/h1-15H. The lowest BCUT2D eigenvalue weighted by Crippen LogP contribution is -1.86. The third-order valence-electron chi connectivity index (χ3n) is 4.77. The third-order valence-corrected chi connectivity index (χ3v) is 5.08. The summed E-state index contributed by atoms with van der Waals surface area (Å²) in [6.07, 6.45) is 0. The molecule has 0 atom stereocenters. The van der Waals surface area contributed by atoms with E-state index in [0.29, 0.717) is 0 Å². The van der Waals surface area contributed by atoms with Crippen LogP contribution in [0.3, 0.4) is 0 Å². The summed E-state index contributed by atoms with van der Waals surface area (Å²) in [5.74, 6) is 0. The van der Waals surface area contributed by atoms with Crippen molar-refractivity contribution < 1.29 is 4.42 Å². The number of halogens is 1. The highest BCUT2D eigenvalue weighted by Gasteiger charge is 2.14. The van der Waals surface area contributed by atoms with Crippen LogP contribution in [0.1, 0.15) is 0 Å². The van der Waals surface area contributed by atoms with Crippen LogP contribution in [0.4, 0.5) is 0 Å². The van der Waals surface area contributed by atoms with Crippen molar-refractivity contribution in [1.29, 1.82) is 0 Å². The van der Waals surface area contributed by atoms with Gasteiger partial charge in [-0.25, -0.2) is 0 Å². The molecule has 2 heteroatoms. The van der Waals surface area contributed by atoms with Crippen LogP contribution in [0.5, 0.6) is 0 Å². The Bertz CT molecular complexity index is 1240. The van der Waals surface area contributed by atoms with Crippen LogP contribution >= 0.6 is 11.6 Å². The highest BCUT2D eigenvalue weighted by atomic mass is 35.5. The summed E-state index contributed by atoms with van der Waals surface area (Å²) >= 11 is 6.61. The van der Waals surface area contributed by atoms with Crippen LogP contribution in [-0.2, 0) is 0 Å². The van der Waals surface area contributed by atoms with Gasteiger partial charge in [-0.05, 0) is 41.0 Å². The van der Waals surface area contributed by atoms with Crippen molar-refractivity contribution in [2.24, 2.45) is 0 Å². The topological polar surface area (TPSA) is 13.1 Å². The Morgan fingerprint density at radius 1 is 0.577 bits per heavy atom.